The molecule has 0 saturated carbocycles. The molecule has 0 aliphatic carbocycles. The van der Waals surface area contributed by atoms with Gasteiger partial charge in [0.15, 0.2) is 0 Å². The van der Waals surface area contributed by atoms with E-state index in [-0.39, 0.29) is 30.0 Å². The van der Waals surface area contributed by atoms with Crippen LogP contribution in [-0.4, -0.2) is 39.7 Å². The van der Waals surface area contributed by atoms with Crippen LogP contribution in [0.3, 0.4) is 0 Å². The lowest BCUT2D eigenvalue weighted by Crippen LogP contribution is -2.35. The number of nitrogens with one attached hydrogen (secondary N) is 1. The number of nitrogens with zero attached hydrogens (tertiary/aromatic N) is 2. The van der Waals surface area contributed by atoms with E-state index in [2.05, 4.69) is 5.32 Å². The molecule has 3 aromatic rings. The highest BCUT2D eigenvalue weighted by molar-refractivity contribution is 6.46. The van der Waals surface area contributed by atoms with Gasteiger partial charge >= 0.3 is 0 Å². The molecule has 2 N–H and O–H groups in total. The molecule has 1 atom stereocenters. The largest absolute Gasteiger partial charge is 0.507 e. The second-order valence-electron chi connectivity index (χ2n) is 8.40. The van der Waals surface area contributed by atoms with Crippen LogP contribution in [0.2, 0.25) is 0 Å². The van der Waals surface area contributed by atoms with E-state index in [9.17, 15) is 19.5 Å². The summed E-state index contributed by atoms with van der Waals surface area (Å²) in [4.78, 5) is 39.1. The van der Waals surface area contributed by atoms with Gasteiger partial charge in [-0.1, -0.05) is 31.2 Å². The van der Waals surface area contributed by atoms with Crippen molar-refractivity contribution >= 4 is 57.4 Å². The van der Waals surface area contributed by atoms with Gasteiger partial charge in [0.2, 0.25) is 11.7 Å². The standard InChI is InChI=1S/C26H26ClN3O4/c1-3-6-24(33)28-17-11-18(29(2)15-17)9-10-22(31)26(34)30-14-16(13-27)25-20-8-5-4-7-19(20)23(32)12-21(25)30/h4-5,7-12,15-16,32H,3,6,13-14H2,1-2H3,(H,28,33). The van der Waals surface area contributed by atoms with Crippen LogP contribution in [0.4, 0.5) is 11.4 Å². The van der Waals surface area contributed by atoms with Crippen LogP contribution in [0.25, 0.3) is 16.8 Å². The first-order valence-corrected chi connectivity index (χ1v) is 11.7. The van der Waals surface area contributed by atoms with Crippen LogP contribution in [0.1, 0.15) is 36.9 Å². The minimum atomic E-state index is -0.689. The number of hydrogen-bond donors (Lipinski definition) is 2. The van der Waals surface area contributed by atoms with Crippen molar-refractivity contribution in [2.24, 2.45) is 7.05 Å². The Morgan fingerprint density at radius 3 is 2.65 bits per heavy atom. The van der Waals surface area contributed by atoms with Crippen molar-refractivity contribution in [3.05, 3.63) is 59.9 Å². The summed E-state index contributed by atoms with van der Waals surface area (Å²) in [5.41, 5.74) is 2.66. The van der Waals surface area contributed by atoms with Gasteiger partial charge in [-0.3, -0.25) is 14.4 Å². The minimum Gasteiger partial charge on any atom is -0.507 e. The number of carbonyl (C=O) groups is 3. The number of fused-ring (bicyclic) bond motifs is 3. The van der Waals surface area contributed by atoms with E-state index in [0.717, 1.165) is 17.4 Å². The van der Waals surface area contributed by atoms with Crippen molar-refractivity contribution in [2.75, 3.05) is 22.6 Å². The number of aryl methyl sites for hydroxylation is 1. The second-order valence-corrected chi connectivity index (χ2v) is 8.71. The Bertz CT molecular complexity index is 1310. The van der Waals surface area contributed by atoms with Gasteiger partial charge in [-0.05, 0) is 35.6 Å². The van der Waals surface area contributed by atoms with E-state index < -0.39 is 11.7 Å². The molecule has 0 fully saturated rings. The molecule has 7 nitrogen and oxygen atoms in total. The molecule has 0 radical (unpaired) electrons. The number of carbonyl (C=O) groups excluding carboxylic acids is 3. The normalized spacial score (nSPS) is 15.1. The summed E-state index contributed by atoms with van der Waals surface area (Å²) >= 11 is 6.21. The summed E-state index contributed by atoms with van der Waals surface area (Å²) in [5.74, 6) is -1.27. The van der Waals surface area contributed by atoms with Crippen LogP contribution in [-0.2, 0) is 21.4 Å². The zero-order valence-electron chi connectivity index (χ0n) is 19.0. The van der Waals surface area contributed by atoms with Crippen molar-refractivity contribution in [1.29, 1.82) is 0 Å². The van der Waals surface area contributed by atoms with Crippen molar-refractivity contribution < 1.29 is 19.5 Å². The molecule has 2 amide bonds. The van der Waals surface area contributed by atoms with E-state index in [4.69, 9.17) is 11.6 Å². The predicted molar refractivity (Wildman–Crippen MR) is 134 cm³/mol. The molecule has 0 saturated heterocycles. The number of halogens is 1. The molecular weight excluding hydrogens is 454 g/mol. The summed E-state index contributed by atoms with van der Waals surface area (Å²) in [6, 6.07) is 10.7. The number of alkyl halides is 1. The number of rotatable bonds is 7. The fourth-order valence-corrected chi connectivity index (χ4v) is 4.63. The number of phenolic OH excluding ortho intramolecular Hbond substituents is 1. The maximum absolute atomic E-state index is 13.1. The number of ketones is 1. The summed E-state index contributed by atoms with van der Waals surface area (Å²) in [5, 5.41) is 14.8. The first-order valence-electron chi connectivity index (χ1n) is 11.1. The molecule has 0 bridgehead atoms. The van der Waals surface area contributed by atoms with Crippen molar-refractivity contribution in [2.45, 2.75) is 25.7 Å². The molecule has 1 unspecified atom stereocenters. The zero-order chi connectivity index (χ0) is 24.4. The molecule has 1 aliphatic heterocycles. The molecule has 1 aromatic heterocycles. The Morgan fingerprint density at radius 1 is 1.21 bits per heavy atom. The van der Waals surface area contributed by atoms with Crippen LogP contribution in [0, 0.1) is 0 Å². The van der Waals surface area contributed by atoms with Crippen LogP contribution < -0.4 is 10.2 Å². The maximum Gasteiger partial charge on any atom is 0.298 e. The summed E-state index contributed by atoms with van der Waals surface area (Å²) in [7, 11) is 1.79. The molecule has 2 heterocycles. The van der Waals surface area contributed by atoms with Gasteiger partial charge in [0, 0.05) is 55.2 Å². The third-order valence-electron chi connectivity index (χ3n) is 6.00. The third kappa shape index (κ3) is 4.43. The quantitative estimate of drug-likeness (QED) is 0.295. The Kier molecular flexibility index (Phi) is 6.75. The van der Waals surface area contributed by atoms with E-state index in [1.165, 1.54) is 17.0 Å². The number of hydrogen-bond acceptors (Lipinski definition) is 4. The van der Waals surface area contributed by atoms with E-state index in [1.807, 2.05) is 31.2 Å². The Morgan fingerprint density at radius 2 is 1.94 bits per heavy atom. The molecule has 4 rings (SSSR count). The van der Waals surface area contributed by atoms with Crippen molar-refractivity contribution in [3.8, 4) is 5.75 Å². The lowest BCUT2D eigenvalue weighted by atomic mass is 9.95. The third-order valence-corrected chi connectivity index (χ3v) is 6.37. The lowest BCUT2D eigenvalue weighted by Gasteiger charge is -2.16. The Labute approximate surface area is 202 Å². The van der Waals surface area contributed by atoms with Gasteiger partial charge < -0.3 is 19.9 Å². The topological polar surface area (TPSA) is 91.6 Å². The van der Waals surface area contributed by atoms with Crippen molar-refractivity contribution in [1.82, 2.24) is 4.57 Å². The maximum atomic E-state index is 13.1. The number of phenols is 1. The number of benzene rings is 2. The van der Waals surface area contributed by atoms with Crippen LogP contribution in [0.15, 0.2) is 48.7 Å². The smallest absolute Gasteiger partial charge is 0.298 e. The summed E-state index contributed by atoms with van der Waals surface area (Å²) in [6.45, 7) is 2.20. The summed E-state index contributed by atoms with van der Waals surface area (Å²) in [6.07, 6.45) is 5.70. The van der Waals surface area contributed by atoms with Crippen molar-refractivity contribution in [3.63, 3.8) is 0 Å². The van der Waals surface area contributed by atoms with Gasteiger partial charge in [0.25, 0.3) is 5.91 Å². The van der Waals surface area contributed by atoms with Gasteiger partial charge in [-0.2, -0.15) is 0 Å². The van der Waals surface area contributed by atoms with E-state index in [0.29, 0.717) is 28.9 Å². The number of anilines is 2. The van der Waals surface area contributed by atoms with E-state index >= 15 is 0 Å². The highest BCUT2D eigenvalue weighted by Crippen LogP contribution is 2.45. The second kappa shape index (κ2) is 9.73. The number of aromatic hydroxyl groups is 1. The van der Waals surface area contributed by atoms with Crippen LogP contribution >= 0.6 is 11.6 Å². The van der Waals surface area contributed by atoms with Gasteiger partial charge in [0.05, 0.1) is 11.4 Å². The van der Waals surface area contributed by atoms with Crippen LogP contribution in [0.5, 0.6) is 5.75 Å². The highest BCUT2D eigenvalue weighted by atomic mass is 35.5. The molecule has 34 heavy (non-hydrogen) atoms. The first kappa shape index (κ1) is 23.6. The Hall–Kier alpha value is -3.58. The molecule has 0 spiro atoms. The average Bonchev–Trinajstić information content (AvgIpc) is 3.36. The number of aromatic nitrogens is 1. The van der Waals surface area contributed by atoms with E-state index in [1.54, 1.807) is 30.0 Å². The highest BCUT2D eigenvalue weighted by Gasteiger charge is 2.36. The number of amides is 2. The monoisotopic (exact) mass is 479 g/mol. The molecule has 1 aliphatic rings. The van der Waals surface area contributed by atoms with Gasteiger partial charge in [0.1, 0.15) is 5.75 Å². The summed E-state index contributed by atoms with van der Waals surface area (Å²) < 4.78 is 1.76. The lowest BCUT2D eigenvalue weighted by molar-refractivity contribution is -0.133. The van der Waals surface area contributed by atoms with Gasteiger partial charge in [-0.25, -0.2) is 0 Å². The fraction of sp³-hybridized carbons (Fsp3) is 0.269. The Balaban J connectivity index is 1.57. The first-order chi connectivity index (χ1) is 16.3. The molecule has 2 aromatic carbocycles. The predicted octanol–water partition coefficient (Wildman–Crippen LogP) is 4.57. The molecule has 176 valence electrons. The van der Waals surface area contributed by atoms with Gasteiger partial charge in [-0.15, -0.1) is 11.6 Å². The molecule has 8 heteroatoms. The average molecular weight is 480 g/mol. The zero-order valence-corrected chi connectivity index (χ0v) is 19.8. The molecular formula is C26H26ClN3O4. The SMILES string of the molecule is CCCC(=O)Nc1cc(C=CC(=O)C(=O)N2CC(CCl)c3c2cc(O)c2ccccc32)n(C)c1. The minimum absolute atomic E-state index is 0.0480. The fourth-order valence-electron chi connectivity index (χ4n) is 4.38.